The molecule has 1 aliphatic carbocycles. The molecule has 2 rings (SSSR count). The molecule has 0 heterocycles. The van der Waals surface area contributed by atoms with Crippen LogP contribution in [0.25, 0.3) is 0 Å². The zero-order valence-electron chi connectivity index (χ0n) is 10.2. The minimum Gasteiger partial charge on any atom is -0.330 e. The maximum Gasteiger partial charge on any atom is -0.00375 e. The van der Waals surface area contributed by atoms with Crippen LogP contribution in [0.15, 0.2) is 18.2 Å². The van der Waals surface area contributed by atoms with Crippen molar-refractivity contribution in [1.29, 1.82) is 0 Å². The van der Waals surface area contributed by atoms with Crippen LogP contribution < -0.4 is 5.73 Å². The molecule has 0 amide bonds. The fraction of sp³-hybridized carbons (Fsp3) is 0.571. The Kier molecular flexibility index (Phi) is 2.38. The van der Waals surface area contributed by atoms with Crippen molar-refractivity contribution >= 4 is 0 Å². The molecule has 1 fully saturated rings. The van der Waals surface area contributed by atoms with Crippen molar-refractivity contribution in [3.05, 3.63) is 34.9 Å². The monoisotopic (exact) mass is 203 g/mol. The maximum absolute atomic E-state index is 5.83. The largest absolute Gasteiger partial charge is 0.330 e. The van der Waals surface area contributed by atoms with Crippen molar-refractivity contribution < 1.29 is 0 Å². The third-order valence-electron chi connectivity index (χ3n) is 4.29. The average molecular weight is 203 g/mol. The van der Waals surface area contributed by atoms with Crippen molar-refractivity contribution in [2.24, 2.45) is 17.1 Å². The summed E-state index contributed by atoms with van der Waals surface area (Å²) in [4.78, 5) is 0. The van der Waals surface area contributed by atoms with E-state index in [1.807, 2.05) is 0 Å². The van der Waals surface area contributed by atoms with Crippen LogP contribution >= 0.6 is 0 Å². The lowest BCUT2D eigenvalue weighted by atomic mass is 9.96. The second-order valence-electron chi connectivity index (χ2n) is 5.43. The summed E-state index contributed by atoms with van der Waals surface area (Å²) in [7, 11) is 0. The number of hydrogen-bond acceptors (Lipinski definition) is 1. The van der Waals surface area contributed by atoms with Crippen LogP contribution in [-0.4, -0.2) is 6.54 Å². The van der Waals surface area contributed by atoms with E-state index in [0.717, 1.165) is 6.54 Å². The van der Waals surface area contributed by atoms with E-state index < -0.39 is 0 Å². The SMILES string of the molecule is Cc1cccc([C@@H]2[C@@H](CN)C2(C)C)c1C. The van der Waals surface area contributed by atoms with E-state index >= 15 is 0 Å². The zero-order chi connectivity index (χ0) is 11.2. The smallest absolute Gasteiger partial charge is 0.00375 e. The molecule has 1 aromatic carbocycles. The van der Waals surface area contributed by atoms with E-state index in [2.05, 4.69) is 45.9 Å². The van der Waals surface area contributed by atoms with Crippen LogP contribution in [-0.2, 0) is 0 Å². The molecule has 0 saturated heterocycles. The van der Waals surface area contributed by atoms with Gasteiger partial charge in [-0.1, -0.05) is 32.0 Å². The number of aryl methyl sites for hydroxylation is 1. The number of nitrogens with two attached hydrogens (primary N) is 1. The summed E-state index contributed by atoms with van der Waals surface area (Å²) in [6.07, 6.45) is 0. The van der Waals surface area contributed by atoms with Crippen molar-refractivity contribution in [2.45, 2.75) is 33.6 Å². The molecule has 0 aliphatic heterocycles. The van der Waals surface area contributed by atoms with Crippen LogP contribution in [0.4, 0.5) is 0 Å². The third kappa shape index (κ3) is 1.50. The molecule has 1 aromatic rings. The van der Waals surface area contributed by atoms with E-state index in [1.54, 1.807) is 0 Å². The van der Waals surface area contributed by atoms with Gasteiger partial charge in [-0.25, -0.2) is 0 Å². The summed E-state index contributed by atoms with van der Waals surface area (Å²) in [5, 5.41) is 0. The quantitative estimate of drug-likeness (QED) is 0.785. The minimum absolute atomic E-state index is 0.396. The van der Waals surface area contributed by atoms with Gasteiger partial charge < -0.3 is 5.73 Å². The van der Waals surface area contributed by atoms with Gasteiger partial charge in [0.1, 0.15) is 0 Å². The summed E-state index contributed by atoms with van der Waals surface area (Å²) in [5.74, 6) is 1.33. The van der Waals surface area contributed by atoms with E-state index in [1.165, 1.54) is 16.7 Å². The normalized spacial score (nSPS) is 27.8. The molecule has 15 heavy (non-hydrogen) atoms. The molecule has 1 aliphatic rings. The van der Waals surface area contributed by atoms with Crippen LogP contribution in [0.1, 0.15) is 36.5 Å². The van der Waals surface area contributed by atoms with Gasteiger partial charge in [0, 0.05) is 0 Å². The molecule has 0 aromatic heterocycles. The molecular formula is C14H21N. The highest BCUT2D eigenvalue weighted by molar-refractivity contribution is 5.41. The summed E-state index contributed by atoms with van der Waals surface area (Å²) < 4.78 is 0. The Hall–Kier alpha value is -0.820. The van der Waals surface area contributed by atoms with E-state index in [-0.39, 0.29) is 0 Å². The lowest BCUT2D eigenvalue weighted by Gasteiger charge is -2.09. The number of rotatable bonds is 2. The van der Waals surface area contributed by atoms with Crippen LogP contribution in [0.3, 0.4) is 0 Å². The molecule has 0 unspecified atom stereocenters. The van der Waals surface area contributed by atoms with Gasteiger partial charge in [-0.05, 0) is 54.3 Å². The predicted octanol–water partition coefficient (Wildman–Crippen LogP) is 3.00. The van der Waals surface area contributed by atoms with Gasteiger partial charge in [0.15, 0.2) is 0 Å². The van der Waals surface area contributed by atoms with E-state index in [4.69, 9.17) is 5.73 Å². The Morgan fingerprint density at radius 3 is 2.47 bits per heavy atom. The Balaban J connectivity index is 2.37. The van der Waals surface area contributed by atoms with Gasteiger partial charge in [-0.3, -0.25) is 0 Å². The number of benzene rings is 1. The van der Waals surface area contributed by atoms with E-state index in [0.29, 0.717) is 17.3 Å². The predicted molar refractivity (Wildman–Crippen MR) is 65.0 cm³/mol. The zero-order valence-corrected chi connectivity index (χ0v) is 10.2. The summed E-state index contributed by atoms with van der Waals surface area (Å²) >= 11 is 0. The maximum atomic E-state index is 5.83. The van der Waals surface area contributed by atoms with Crippen LogP contribution in [0.5, 0.6) is 0 Å². The lowest BCUT2D eigenvalue weighted by molar-refractivity contribution is 0.558. The molecule has 0 bridgehead atoms. The molecule has 2 atom stereocenters. The summed E-state index contributed by atoms with van der Waals surface area (Å²) in [5.41, 5.74) is 10.6. The van der Waals surface area contributed by atoms with Crippen molar-refractivity contribution in [2.75, 3.05) is 6.54 Å². The first kappa shape index (κ1) is 10.7. The first-order valence-corrected chi connectivity index (χ1v) is 5.76. The molecule has 0 spiro atoms. The highest BCUT2D eigenvalue weighted by Crippen LogP contribution is 2.64. The summed E-state index contributed by atoms with van der Waals surface area (Å²) in [6.45, 7) is 9.89. The second-order valence-corrected chi connectivity index (χ2v) is 5.43. The molecule has 2 N–H and O–H groups in total. The molecule has 0 radical (unpaired) electrons. The Morgan fingerprint density at radius 2 is 1.93 bits per heavy atom. The van der Waals surface area contributed by atoms with Crippen molar-refractivity contribution in [3.8, 4) is 0 Å². The third-order valence-corrected chi connectivity index (χ3v) is 4.29. The van der Waals surface area contributed by atoms with E-state index in [9.17, 15) is 0 Å². The highest BCUT2D eigenvalue weighted by Gasteiger charge is 2.57. The van der Waals surface area contributed by atoms with Gasteiger partial charge in [0.2, 0.25) is 0 Å². The van der Waals surface area contributed by atoms with Crippen molar-refractivity contribution in [3.63, 3.8) is 0 Å². The Bertz CT molecular complexity index is 379. The molecule has 82 valence electrons. The van der Waals surface area contributed by atoms with Gasteiger partial charge in [-0.2, -0.15) is 0 Å². The fourth-order valence-corrected chi connectivity index (χ4v) is 2.91. The molecule has 1 nitrogen and oxygen atoms in total. The Labute approximate surface area is 92.7 Å². The van der Waals surface area contributed by atoms with Crippen LogP contribution in [0, 0.1) is 25.2 Å². The van der Waals surface area contributed by atoms with Gasteiger partial charge in [0.25, 0.3) is 0 Å². The first-order chi connectivity index (χ1) is 7.00. The van der Waals surface area contributed by atoms with Crippen molar-refractivity contribution in [1.82, 2.24) is 0 Å². The molecular weight excluding hydrogens is 182 g/mol. The number of hydrogen-bond donors (Lipinski definition) is 1. The fourth-order valence-electron chi connectivity index (χ4n) is 2.91. The molecule has 1 saturated carbocycles. The van der Waals surface area contributed by atoms with Gasteiger partial charge >= 0.3 is 0 Å². The molecule has 1 heteroatoms. The standard InChI is InChI=1S/C14H21N/c1-9-6-5-7-11(10(9)2)13-12(8-15)14(13,3)4/h5-7,12-13H,8,15H2,1-4H3/t12-,13-/m1/s1. The Morgan fingerprint density at radius 1 is 1.27 bits per heavy atom. The second kappa shape index (κ2) is 3.34. The van der Waals surface area contributed by atoms with Crippen LogP contribution in [0.2, 0.25) is 0 Å². The minimum atomic E-state index is 0.396. The highest BCUT2D eigenvalue weighted by atomic mass is 14.7. The summed E-state index contributed by atoms with van der Waals surface area (Å²) in [6, 6.07) is 6.62. The van der Waals surface area contributed by atoms with Gasteiger partial charge in [-0.15, -0.1) is 0 Å². The first-order valence-electron chi connectivity index (χ1n) is 5.76. The van der Waals surface area contributed by atoms with Gasteiger partial charge in [0.05, 0.1) is 0 Å². The average Bonchev–Trinajstić information content (AvgIpc) is 2.73. The lowest BCUT2D eigenvalue weighted by Crippen LogP contribution is -2.05. The topological polar surface area (TPSA) is 26.0 Å².